The minimum absolute atomic E-state index is 0.675. The lowest BCUT2D eigenvalue weighted by Crippen LogP contribution is -2.03. The molecule has 0 aliphatic heterocycles. The fourth-order valence-corrected chi connectivity index (χ4v) is 2.45. The van der Waals surface area contributed by atoms with Crippen LogP contribution in [-0.2, 0) is 6.42 Å². The van der Waals surface area contributed by atoms with Crippen LogP contribution in [0.2, 0.25) is 0 Å². The molecule has 3 aromatic rings. The van der Waals surface area contributed by atoms with Crippen LogP contribution >= 0.6 is 0 Å². The average Bonchev–Trinajstić information content (AvgIpc) is 2.67. The summed E-state index contributed by atoms with van der Waals surface area (Å²) in [5, 5.41) is 2.42. The summed E-state index contributed by atoms with van der Waals surface area (Å²) in [6.07, 6.45) is 2.74. The molecule has 0 unspecified atom stereocenters. The van der Waals surface area contributed by atoms with Crippen LogP contribution in [0.3, 0.4) is 0 Å². The molecule has 3 rings (SSSR count). The van der Waals surface area contributed by atoms with Crippen molar-refractivity contribution in [3.05, 3.63) is 41.7 Å². The summed E-state index contributed by atoms with van der Waals surface area (Å²) in [5.74, 6) is 0. The molecule has 0 aliphatic rings. The third-order valence-electron chi connectivity index (χ3n) is 3.26. The van der Waals surface area contributed by atoms with Crippen LogP contribution in [0.1, 0.15) is 11.3 Å². The number of fused-ring (bicyclic) bond motifs is 3. The molecule has 2 aromatic heterocycles. The molecule has 0 atom stereocenters. The minimum atomic E-state index is 0.675. The third-order valence-corrected chi connectivity index (χ3v) is 3.26. The van der Waals surface area contributed by atoms with Gasteiger partial charge in [-0.2, -0.15) is 0 Å². The number of nitrogens with two attached hydrogens (primary N) is 1. The van der Waals surface area contributed by atoms with Crippen LogP contribution < -0.4 is 5.73 Å². The van der Waals surface area contributed by atoms with E-state index in [2.05, 4.69) is 35.1 Å². The summed E-state index contributed by atoms with van der Waals surface area (Å²) in [6, 6.07) is 8.33. The van der Waals surface area contributed by atoms with Crippen LogP contribution in [0.15, 0.2) is 30.5 Å². The molecular formula is C14H15N3. The second-order valence-electron chi connectivity index (χ2n) is 4.33. The smallest absolute Gasteiger partial charge is 0.0942 e. The van der Waals surface area contributed by atoms with Gasteiger partial charge in [0.15, 0.2) is 0 Å². The first kappa shape index (κ1) is 10.3. The van der Waals surface area contributed by atoms with Crippen molar-refractivity contribution < 1.29 is 0 Å². The molecular weight excluding hydrogens is 210 g/mol. The van der Waals surface area contributed by atoms with Gasteiger partial charge in [-0.1, -0.05) is 18.2 Å². The summed E-state index contributed by atoms with van der Waals surface area (Å²) in [6.45, 7) is 2.77. The highest BCUT2D eigenvalue weighted by molar-refractivity contribution is 6.04. The van der Waals surface area contributed by atoms with Crippen LogP contribution in [-0.4, -0.2) is 16.5 Å². The Morgan fingerprint density at radius 3 is 3.00 bits per heavy atom. The second-order valence-corrected chi connectivity index (χ2v) is 4.33. The molecule has 0 spiro atoms. The van der Waals surface area contributed by atoms with Gasteiger partial charge >= 0.3 is 0 Å². The highest BCUT2D eigenvalue weighted by Crippen LogP contribution is 2.27. The summed E-state index contributed by atoms with van der Waals surface area (Å²) < 4.78 is 0. The van der Waals surface area contributed by atoms with E-state index in [1.54, 1.807) is 0 Å². The maximum absolute atomic E-state index is 5.66. The van der Waals surface area contributed by atoms with Crippen molar-refractivity contribution in [2.24, 2.45) is 5.73 Å². The van der Waals surface area contributed by atoms with Crippen molar-refractivity contribution in [3.8, 4) is 0 Å². The number of aryl methyl sites for hydroxylation is 1. The van der Waals surface area contributed by atoms with E-state index in [1.165, 1.54) is 22.0 Å². The molecule has 2 heterocycles. The first-order valence-electron chi connectivity index (χ1n) is 5.86. The van der Waals surface area contributed by atoms with Gasteiger partial charge in [-0.05, 0) is 31.5 Å². The van der Waals surface area contributed by atoms with E-state index in [4.69, 9.17) is 5.73 Å². The lowest BCUT2D eigenvalue weighted by Gasteiger charge is -2.00. The zero-order valence-electron chi connectivity index (χ0n) is 9.83. The first-order chi connectivity index (χ1) is 8.31. The van der Waals surface area contributed by atoms with E-state index >= 15 is 0 Å². The molecule has 3 N–H and O–H groups in total. The Morgan fingerprint density at radius 2 is 2.18 bits per heavy atom. The molecule has 17 heavy (non-hydrogen) atoms. The quantitative estimate of drug-likeness (QED) is 0.704. The van der Waals surface area contributed by atoms with Gasteiger partial charge in [-0.3, -0.25) is 4.98 Å². The SMILES string of the molecule is Cc1[nH]c2c(ccc3cccnc32)c1CCN. The topological polar surface area (TPSA) is 54.7 Å². The maximum atomic E-state index is 5.66. The lowest BCUT2D eigenvalue weighted by atomic mass is 10.1. The van der Waals surface area contributed by atoms with E-state index in [0.29, 0.717) is 6.54 Å². The summed E-state index contributed by atoms with van der Waals surface area (Å²) in [7, 11) is 0. The van der Waals surface area contributed by atoms with E-state index in [1.807, 2.05) is 12.3 Å². The summed E-state index contributed by atoms with van der Waals surface area (Å²) in [5.41, 5.74) is 10.3. The standard InChI is InChI=1S/C14H15N3/c1-9-11(6-7-15)12-5-4-10-3-2-8-16-13(10)14(12)17-9/h2-5,8,17H,6-7,15H2,1H3. The molecule has 0 aliphatic carbocycles. The highest BCUT2D eigenvalue weighted by Gasteiger charge is 2.10. The Labute approximate surface area is 99.7 Å². The maximum Gasteiger partial charge on any atom is 0.0942 e. The number of hydrogen-bond acceptors (Lipinski definition) is 2. The number of H-pyrrole nitrogens is 1. The fourth-order valence-electron chi connectivity index (χ4n) is 2.45. The van der Waals surface area contributed by atoms with E-state index in [0.717, 1.165) is 17.5 Å². The van der Waals surface area contributed by atoms with Crippen molar-refractivity contribution in [1.29, 1.82) is 0 Å². The molecule has 0 radical (unpaired) electrons. The van der Waals surface area contributed by atoms with Gasteiger partial charge in [-0.15, -0.1) is 0 Å². The molecule has 0 fully saturated rings. The molecule has 3 nitrogen and oxygen atoms in total. The van der Waals surface area contributed by atoms with Crippen LogP contribution in [0, 0.1) is 6.92 Å². The van der Waals surface area contributed by atoms with Gasteiger partial charge in [0.05, 0.1) is 11.0 Å². The Morgan fingerprint density at radius 1 is 1.29 bits per heavy atom. The molecule has 0 bridgehead atoms. The largest absolute Gasteiger partial charge is 0.357 e. The monoisotopic (exact) mass is 225 g/mol. The number of benzene rings is 1. The van der Waals surface area contributed by atoms with Gasteiger partial charge in [-0.25, -0.2) is 0 Å². The van der Waals surface area contributed by atoms with Crippen molar-refractivity contribution in [2.45, 2.75) is 13.3 Å². The van der Waals surface area contributed by atoms with Crippen molar-refractivity contribution in [2.75, 3.05) is 6.54 Å². The molecule has 0 saturated carbocycles. The van der Waals surface area contributed by atoms with Crippen molar-refractivity contribution >= 4 is 21.8 Å². The average molecular weight is 225 g/mol. The Bertz CT molecular complexity index is 682. The van der Waals surface area contributed by atoms with Crippen LogP contribution in [0.4, 0.5) is 0 Å². The molecule has 0 saturated heterocycles. The third kappa shape index (κ3) is 1.51. The molecule has 86 valence electrons. The lowest BCUT2D eigenvalue weighted by molar-refractivity contribution is 0.963. The van der Waals surface area contributed by atoms with Gasteiger partial charge in [0, 0.05) is 22.7 Å². The Balaban J connectivity index is 2.40. The summed E-state index contributed by atoms with van der Waals surface area (Å²) >= 11 is 0. The van der Waals surface area contributed by atoms with Gasteiger partial charge in [0.25, 0.3) is 0 Å². The van der Waals surface area contributed by atoms with Gasteiger partial charge in [0.1, 0.15) is 0 Å². The number of pyridine rings is 1. The van der Waals surface area contributed by atoms with E-state index in [-0.39, 0.29) is 0 Å². The molecule has 3 heteroatoms. The normalized spacial score (nSPS) is 11.4. The zero-order valence-corrected chi connectivity index (χ0v) is 9.83. The first-order valence-corrected chi connectivity index (χ1v) is 5.86. The van der Waals surface area contributed by atoms with E-state index < -0.39 is 0 Å². The van der Waals surface area contributed by atoms with Crippen LogP contribution in [0.5, 0.6) is 0 Å². The van der Waals surface area contributed by atoms with Crippen molar-refractivity contribution in [1.82, 2.24) is 9.97 Å². The summed E-state index contributed by atoms with van der Waals surface area (Å²) in [4.78, 5) is 7.90. The van der Waals surface area contributed by atoms with Gasteiger partial charge < -0.3 is 10.7 Å². The fraction of sp³-hybridized carbons (Fsp3) is 0.214. The Kier molecular flexibility index (Phi) is 2.34. The Hall–Kier alpha value is -1.87. The predicted octanol–water partition coefficient (Wildman–Crippen LogP) is 2.53. The van der Waals surface area contributed by atoms with Crippen molar-refractivity contribution in [3.63, 3.8) is 0 Å². The number of aromatic amines is 1. The van der Waals surface area contributed by atoms with Crippen LogP contribution in [0.25, 0.3) is 21.8 Å². The number of nitrogens with zero attached hydrogens (tertiary/aromatic N) is 1. The molecule has 1 aromatic carbocycles. The van der Waals surface area contributed by atoms with E-state index in [9.17, 15) is 0 Å². The zero-order chi connectivity index (χ0) is 11.8. The number of nitrogens with one attached hydrogen (secondary N) is 1. The highest BCUT2D eigenvalue weighted by atomic mass is 14.8. The molecule has 0 amide bonds. The second kappa shape index (κ2) is 3.86. The number of hydrogen-bond donors (Lipinski definition) is 2. The number of aromatic nitrogens is 2. The minimum Gasteiger partial charge on any atom is -0.357 e. The van der Waals surface area contributed by atoms with Gasteiger partial charge in [0.2, 0.25) is 0 Å². The predicted molar refractivity (Wildman–Crippen MR) is 71.1 cm³/mol. The number of rotatable bonds is 2.